The van der Waals surface area contributed by atoms with Crippen molar-refractivity contribution in [2.75, 3.05) is 12.3 Å². The van der Waals surface area contributed by atoms with Crippen molar-refractivity contribution in [2.45, 2.75) is 12.1 Å². The molecule has 4 nitrogen and oxygen atoms in total. The van der Waals surface area contributed by atoms with Gasteiger partial charge in [-0.15, -0.1) is 11.3 Å². The van der Waals surface area contributed by atoms with Gasteiger partial charge in [-0.25, -0.2) is 4.98 Å². The molecule has 0 bridgehead atoms. The molecule has 0 unspecified atom stereocenters. The standard InChI is InChI=1S/C14H13F3N2O2S2/c15-14(16,17)23-5-4-18-13(20)10-2-1-3-12(6-10)21-7-11-8-22-9-19-11/h1-3,6,8-9H,4-5,7H2,(H,18,20). The SMILES string of the molecule is O=C(NCCSC(F)(F)F)c1cccc(OCc2cscn2)c1. The molecule has 1 heterocycles. The number of hydrogen-bond acceptors (Lipinski definition) is 5. The Labute approximate surface area is 139 Å². The van der Waals surface area contributed by atoms with Gasteiger partial charge < -0.3 is 10.1 Å². The number of halogens is 3. The summed E-state index contributed by atoms with van der Waals surface area (Å²) in [5, 5.41) is 4.30. The maximum absolute atomic E-state index is 12.0. The van der Waals surface area contributed by atoms with Crippen LogP contribution >= 0.6 is 23.1 Å². The Bertz CT molecular complexity index is 633. The van der Waals surface area contributed by atoms with Crippen LogP contribution in [-0.4, -0.2) is 28.7 Å². The fraction of sp³-hybridized carbons (Fsp3) is 0.286. The van der Waals surface area contributed by atoms with E-state index in [1.54, 1.807) is 29.8 Å². The summed E-state index contributed by atoms with van der Waals surface area (Å²) in [6.07, 6.45) is 0. The van der Waals surface area contributed by atoms with Crippen molar-refractivity contribution >= 4 is 29.0 Å². The van der Waals surface area contributed by atoms with Crippen molar-refractivity contribution in [3.63, 3.8) is 0 Å². The molecule has 0 spiro atoms. The summed E-state index contributed by atoms with van der Waals surface area (Å²) in [4.78, 5) is 16.0. The molecule has 1 aromatic carbocycles. The lowest BCUT2D eigenvalue weighted by Crippen LogP contribution is -2.26. The third-order valence-electron chi connectivity index (χ3n) is 2.62. The van der Waals surface area contributed by atoms with Gasteiger partial charge >= 0.3 is 5.51 Å². The molecule has 0 aliphatic rings. The number of thioether (sulfide) groups is 1. The molecule has 0 aliphatic carbocycles. The number of benzene rings is 1. The van der Waals surface area contributed by atoms with Crippen molar-refractivity contribution in [1.82, 2.24) is 10.3 Å². The molecule has 2 rings (SSSR count). The van der Waals surface area contributed by atoms with Crippen LogP contribution in [0.5, 0.6) is 5.75 Å². The summed E-state index contributed by atoms with van der Waals surface area (Å²) in [7, 11) is 0. The molecule has 124 valence electrons. The third-order valence-corrected chi connectivity index (χ3v) is 3.99. The zero-order valence-electron chi connectivity index (χ0n) is 11.8. The molecule has 0 saturated heterocycles. The summed E-state index contributed by atoms with van der Waals surface area (Å²) >= 11 is 1.29. The van der Waals surface area contributed by atoms with Gasteiger partial charge in [0.25, 0.3) is 5.91 Å². The van der Waals surface area contributed by atoms with Crippen LogP contribution in [0, 0.1) is 0 Å². The topological polar surface area (TPSA) is 51.2 Å². The van der Waals surface area contributed by atoms with Crippen molar-refractivity contribution in [3.8, 4) is 5.75 Å². The van der Waals surface area contributed by atoms with Gasteiger partial charge in [0.05, 0.1) is 11.2 Å². The smallest absolute Gasteiger partial charge is 0.441 e. The second-order valence-electron chi connectivity index (χ2n) is 4.35. The van der Waals surface area contributed by atoms with Gasteiger partial charge in [-0.1, -0.05) is 6.07 Å². The minimum Gasteiger partial charge on any atom is -0.487 e. The van der Waals surface area contributed by atoms with E-state index in [0.29, 0.717) is 11.3 Å². The number of aromatic nitrogens is 1. The van der Waals surface area contributed by atoms with Gasteiger partial charge in [-0.05, 0) is 30.0 Å². The highest BCUT2D eigenvalue weighted by atomic mass is 32.2. The monoisotopic (exact) mass is 362 g/mol. The van der Waals surface area contributed by atoms with Gasteiger partial charge in [0, 0.05) is 23.2 Å². The number of carbonyl (C=O) groups is 1. The number of alkyl halides is 3. The maximum atomic E-state index is 12.0. The summed E-state index contributed by atoms with van der Waals surface area (Å²) in [5.41, 5.74) is -1.47. The van der Waals surface area contributed by atoms with Crippen LogP contribution in [-0.2, 0) is 6.61 Å². The first-order chi connectivity index (χ1) is 10.9. The fourth-order valence-corrected chi connectivity index (χ4v) is 2.61. The van der Waals surface area contributed by atoms with E-state index >= 15 is 0 Å². The molecule has 2 aromatic rings. The molecule has 0 fully saturated rings. The van der Waals surface area contributed by atoms with E-state index < -0.39 is 11.4 Å². The Morgan fingerprint density at radius 3 is 2.91 bits per heavy atom. The van der Waals surface area contributed by atoms with Crippen LogP contribution in [0.25, 0.3) is 0 Å². The van der Waals surface area contributed by atoms with Crippen molar-refractivity contribution < 1.29 is 22.7 Å². The highest BCUT2D eigenvalue weighted by Gasteiger charge is 2.27. The summed E-state index contributed by atoms with van der Waals surface area (Å²) in [6, 6.07) is 6.46. The van der Waals surface area contributed by atoms with Crippen LogP contribution in [0.1, 0.15) is 16.1 Å². The van der Waals surface area contributed by atoms with Gasteiger partial charge in [0.2, 0.25) is 0 Å². The van der Waals surface area contributed by atoms with Crippen LogP contribution < -0.4 is 10.1 Å². The third kappa shape index (κ3) is 6.49. The highest BCUT2D eigenvalue weighted by molar-refractivity contribution is 8.00. The summed E-state index contributed by atoms with van der Waals surface area (Å²) in [6.45, 7) is 0.226. The maximum Gasteiger partial charge on any atom is 0.441 e. The molecule has 0 radical (unpaired) electrons. The lowest BCUT2D eigenvalue weighted by molar-refractivity contribution is -0.0327. The number of amides is 1. The van der Waals surface area contributed by atoms with E-state index in [-0.39, 0.29) is 30.7 Å². The largest absolute Gasteiger partial charge is 0.487 e. The lowest BCUT2D eigenvalue weighted by atomic mass is 10.2. The first kappa shape index (κ1) is 17.6. The zero-order chi connectivity index (χ0) is 16.7. The predicted molar refractivity (Wildman–Crippen MR) is 83.7 cm³/mol. The number of nitrogens with zero attached hydrogens (tertiary/aromatic N) is 1. The predicted octanol–water partition coefficient (Wildman–Crippen LogP) is 3.70. The number of thiazole rings is 1. The summed E-state index contributed by atoms with van der Waals surface area (Å²) in [5.74, 6) is -0.169. The van der Waals surface area contributed by atoms with Gasteiger partial charge in [-0.3, -0.25) is 4.79 Å². The van der Waals surface area contributed by atoms with E-state index in [9.17, 15) is 18.0 Å². The molecule has 0 saturated carbocycles. The Hall–Kier alpha value is -1.74. The Kier molecular flexibility index (Phi) is 6.28. The lowest BCUT2D eigenvalue weighted by Gasteiger charge is -2.09. The number of rotatable bonds is 7. The van der Waals surface area contributed by atoms with Crippen LogP contribution in [0.4, 0.5) is 13.2 Å². The minimum atomic E-state index is -4.28. The molecular formula is C14H13F3N2O2S2. The molecule has 1 amide bonds. The number of hydrogen-bond donors (Lipinski definition) is 1. The summed E-state index contributed by atoms with van der Waals surface area (Å²) < 4.78 is 41.5. The van der Waals surface area contributed by atoms with Crippen molar-refractivity contribution in [2.24, 2.45) is 0 Å². The molecule has 0 atom stereocenters. The average Bonchev–Trinajstić information content (AvgIpc) is 3.02. The molecule has 1 N–H and O–H groups in total. The molecule has 1 aromatic heterocycles. The molecule has 9 heteroatoms. The van der Waals surface area contributed by atoms with E-state index in [1.807, 2.05) is 5.38 Å². The Morgan fingerprint density at radius 2 is 2.22 bits per heavy atom. The normalized spacial score (nSPS) is 11.3. The Balaban J connectivity index is 1.82. The second-order valence-corrected chi connectivity index (χ2v) is 6.22. The van der Waals surface area contributed by atoms with Crippen LogP contribution in [0.2, 0.25) is 0 Å². The van der Waals surface area contributed by atoms with E-state index in [0.717, 1.165) is 5.69 Å². The second kappa shape index (κ2) is 8.21. The number of nitrogens with one attached hydrogen (secondary N) is 1. The highest BCUT2D eigenvalue weighted by Crippen LogP contribution is 2.29. The molecule has 0 aliphatic heterocycles. The van der Waals surface area contributed by atoms with E-state index in [2.05, 4.69) is 10.3 Å². The van der Waals surface area contributed by atoms with Gasteiger partial charge in [0.15, 0.2) is 0 Å². The fourth-order valence-electron chi connectivity index (χ4n) is 1.63. The average molecular weight is 362 g/mol. The molecule has 23 heavy (non-hydrogen) atoms. The van der Waals surface area contributed by atoms with E-state index in [4.69, 9.17) is 4.74 Å². The van der Waals surface area contributed by atoms with Crippen LogP contribution in [0.15, 0.2) is 35.2 Å². The first-order valence-electron chi connectivity index (χ1n) is 6.53. The van der Waals surface area contributed by atoms with E-state index in [1.165, 1.54) is 11.3 Å². The van der Waals surface area contributed by atoms with Gasteiger partial charge in [-0.2, -0.15) is 13.2 Å². The van der Waals surface area contributed by atoms with Gasteiger partial charge in [0.1, 0.15) is 12.4 Å². The number of carbonyl (C=O) groups excluding carboxylic acids is 1. The van der Waals surface area contributed by atoms with Crippen molar-refractivity contribution in [1.29, 1.82) is 0 Å². The number of ether oxygens (including phenoxy) is 1. The molecular weight excluding hydrogens is 349 g/mol. The Morgan fingerprint density at radius 1 is 1.39 bits per heavy atom. The first-order valence-corrected chi connectivity index (χ1v) is 8.46. The minimum absolute atomic E-state index is 0.0626. The van der Waals surface area contributed by atoms with Crippen LogP contribution in [0.3, 0.4) is 0 Å². The zero-order valence-corrected chi connectivity index (χ0v) is 13.4. The van der Waals surface area contributed by atoms with Crippen molar-refractivity contribution in [3.05, 3.63) is 46.4 Å². The quantitative estimate of drug-likeness (QED) is 0.763.